The van der Waals surface area contributed by atoms with Crippen molar-refractivity contribution in [1.29, 1.82) is 0 Å². The molecule has 2 aromatic rings. The lowest BCUT2D eigenvalue weighted by atomic mass is 9.83. The third kappa shape index (κ3) is 2.09. The van der Waals surface area contributed by atoms with Crippen LogP contribution in [0.3, 0.4) is 0 Å². The molecule has 1 aromatic carbocycles. The molecule has 1 aromatic heterocycles. The van der Waals surface area contributed by atoms with Gasteiger partial charge >= 0.3 is 7.12 Å². The van der Waals surface area contributed by atoms with Gasteiger partial charge in [-0.15, -0.1) is 0 Å². The minimum absolute atomic E-state index is 0.152. The Morgan fingerprint density at radius 2 is 2.12 bits per heavy atom. The Labute approximate surface area is 96.0 Å². The number of rotatable bonds is 2. The van der Waals surface area contributed by atoms with E-state index in [9.17, 15) is 4.39 Å². The third-order valence-electron chi connectivity index (χ3n) is 2.06. The first kappa shape index (κ1) is 11.1. The molecule has 0 unspecified atom stereocenters. The van der Waals surface area contributed by atoms with E-state index < -0.39 is 12.9 Å². The molecule has 0 saturated heterocycles. The summed E-state index contributed by atoms with van der Waals surface area (Å²) in [4.78, 5) is 0. The fraction of sp³-hybridized carbons (Fsp3) is 0. The molecule has 0 saturated carbocycles. The molecule has 16 heavy (non-hydrogen) atoms. The Morgan fingerprint density at radius 3 is 2.75 bits per heavy atom. The van der Waals surface area contributed by atoms with Crippen LogP contribution in [0, 0.1) is 5.82 Å². The molecule has 4 nitrogen and oxygen atoms in total. The lowest BCUT2D eigenvalue weighted by Gasteiger charge is -2.03. The van der Waals surface area contributed by atoms with E-state index in [0.29, 0.717) is 5.02 Å². The summed E-state index contributed by atoms with van der Waals surface area (Å²) >= 11 is 5.73. The molecule has 1 heterocycles. The van der Waals surface area contributed by atoms with Gasteiger partial charge in [-0.1, -0.05) is 11.6 Å². The second-order valence-corrected chi connectivity index (χ2v) is 3.62. The number of benzene rings is 1. The SMILES string of the molecule is OB(O)c1cnn(-c2cc(Cl)ccc2F)c1. The summed E-state index contributed by atoms with van der Waals surface area (Å²) in [6.07, 6.45) is 2.56. The van der Waals surface area contributed by atoms with E-state index in [-0.39, 0.29) is 11.2 Å². The second-order valence-electron chi connectivity index (χ2n) is 3.19. The maximum atomic E-state index is 13.4. The van der Waals surface area contributed by atoms with E-state index in [0.717, 1.165) is 0 Å². The van der Waals surface area contributed by atoms with E-state index in [1.807, 2.05) is 0 Å². The van der Waals surface area contributed by atoms with Crippen LogP contribution < -0.4 is 5.46 Å². The van der Waals surface area contributed by atoms with Gasteiger partial charge in [-0.25, -0.2) is 9.07 Å². The lowest BCUT2D eigenvalue weighted by Crippen LogP contribution is -2.28. The Bertz CT molecular complexity index is 518. The molecule has 0 aliphatic rings. The molecule has 0 spiro atoms. The zero-order valence-electron chi connectivity index (χ0n) is 8.01. The molecule has 0 bridgehead atoms. The van der Waals surface area contributed by atoms with Crippen molar-refractivity contribution in [1.82, 2.24) is 9.78 Å². The molecule has 0 aliphatic carbocycles. The lowest BCUT2D eigenvalue weighted by molar-refractivity contribution is 0.426. The zero-order chi connectivity index (χ0) is 11.7. The summed E-state index contributed by atoms with van der Waals surface area (Å²) in [5.41, 5.74) is 0.332. The van der Waals surface area contributed by atoms with Crippen LogP contribution in [-0.4, -0.2) is 26.9 Å². The minimum Gasteiger partial charge on any atom is -0.423 e. The van der Waals surface area contributed by atoms with Gasteiger partial charge in [-0.05, 0) is 18.2 Å². The largest absolute Gasteiger partial charge is 0.491 e. The fourth-order valence-electron chi connectivity index (χ4n) is 1.26. The molecule has 0 radical (unpaired) electrons. The fourth-order valence-corrected chi connectivity index (χ4v) is 1.43. The van der Waals surface area contributed by atoms with E-state index in [4.69, 9.17) is 21.6 Å². The topological polar surface area (TPSA) is 58.3 Å². The van der Waals surface area contributed by atoms with Crippen LogP contribution in [0.15, 0.2) is 30.6 Å². The predicted octanol–water partition coefficient (Wildman–Crippen LogP) is 0.345. The average molecular weight is 240 g/mol. The Balaban J connectivity index is 2.46. The Morgan fingerprint density at radius 1 is 1.38 bits per heavy atom. The van der Waals surface area contributed by atoms with Crippen LogP contribution in [0.25, 0.3) is 5.69 Å². The van der Waals surface area contributed by atoms with Crippen LogP contribution in [-0.2, 0) is 0 Å². The summed E-state index contributed by atoms with van der Waals surface area (Å²) < 4.78 is 14.6. The van der Waals surface area contributed by atoms with Gasteiger partial charge in [0.05, 0.1) is 0 Å². The molecule has 0 atom stereocenters. The van der Waals surface area contributed by atoms with Gasteiger partial charge in [0.15, 0.2) is 0 Å². The number of nitrogens with zero attached hydrogens (tertiary/aromatic N) is 2. The molecule has 7 heteroatoms. The first-order chi connectivity index (χ1) is 7.58. The van der Waals surface area contributed by atoms with Gasteiger partial charge < -0.3 is 10.0 Å². The first-order valence-corrected chi connectivity index (χ1v) is 4.82. The molecule has 0 fully saturated rings. The summed E-state index contributed by atoms with van der Waals surface area (Å²) in [5.74, 6) is -0.494. The average Bonchev–Trinajstić information content (AvgIpc) is 2.70. The van der Waals surface area contributed by atoms with Crippen molar-refractivity contribution in [3.05, 3.63) is 41.4 Å². The molecule has 0 aliphatic heterocycles. The van der Waals surface area contributed by atoms with Gasteiger partial charge in [0.1, 0.15) is 11.5 Å². The van der Waals surface area contributed by atoms with Gasteiger partial charge in [0.2, 0.25) is 0 Å². The van der Waals surface area contributed by atoms with Crippen molar-refractivity contribution in [3.8, 4) is 5.69 Å². The van der Waals surface area contributed by atoms with Gasteiger partial charge in [-0.2, -0.15) is 5.10 Å². The normalized spacial score (nSPS) is 10.5. The number of aromatic nitrogens is 2. The number of halogens is 2. The van der Waals surface area contributed by atoms with Crippen LogP contribution in [0.5, 0.6) is 0 Å². The highest BCUT2D eigenvalue weighted by molar-refractivity contribution is 6.58. The highest BCUT2D eigenvalue weighted by atomic mass is 35.5. The zero-order valence-corrected chi connectivity index (χ0v) is 8.76. The third-order valence-corrected chi connectivity index (χ3v) is 2.29. The van der Waals surface area contributed by atoms with Crippen molar-refractivity contribution in [2.45, 2.75) is 0 Å². The summed E-state index contributed by atoms with van der Waals surface area (Å²) in [7, 11) is -1.63. The first-order valence-electron chi connectivity index (χ1n) is 4.44. The molecule has 2 N–H and O–H groups in total. The van der Waals surface area contributed by atoms with Crippen LogP contribution in [0.2, 0.25) is 5.02 Å². The maximum absolute atomic E-state index is 13.4. The van der Waals surface area contributed by atoms with Gasteiger partial charge in [0.25, 0.3) is 0 Å². The maximum Gasteiger partial charge on any atom is 0.491 e. The monoisotopic (exact) mass is 240 g/mol. The molecular weight excluding hydrogens is 233 g/mol. The van der Waals surface area contributed by atoms with E-state index in [1.54, 1.807) is 0 Å². The Kier molecular flexibility index (Phi) is 2.96. The molecule has 82 valence electrons. The van der Waals surface area contributed by atoms with E-state index in [1.165, 1.54) is 35.3 Å². The number of hydrogen-bond acceptors (Lipinski definition) is 3. The molecular formula is C9H7BClFN2O2. The van der Waals surface area contributed by atoms with E-state index in [2.05, 4.69) is 5.10 Å². The van der Waals surface area contributed by atoms with Crippen molar-refractivity contribution in [2.75, 3.05) is 0 Å². The minimum atomic E-state index is -1.63. The van der Waals surface area contributed by atoms with Crippen molar-refractivity contribution < 1.29 is 14.4 Å². The van der Waals surface area contributed by atoms with Crippen LogP contribution in [0.1, 0.15) is 0 Å². The quantitative estimate of drug-likeness (QED) is 0.745. The summed E-state index contributed by atoms with van der Waals surface area (Å²) in [5, 5.41) is 22.0. The van der Waals surface area contributed by atoms with Crippen molar-refractivity contribution in [2.24, 2.45) is 0 Å². The van der Waals surface area contributed by atoms with Crippen molar-refractivity contribution in [3.63, 3.8) is 0 Å². The number of hydrogen-bond donors (Lipinski definition) is 2. The van der Waals surface area contributed by atoms with Crippen LogP contribution >= 0.6 is 11.6 Å². The predicted molar refractivity (Wildman–Crippen MR) is 58.4 cm³/mol. The van der Waals surface area contributed by atoms with Gasteiger partial charge in [-0.3, -0.25) is 0 Å². The highest BCUT2D eigenvalue weighted by Gasteiger charge is 2.15. The Hall–Kier alpha value is -1.37. The standard InChI is InChI=1S/C9H7BClFN2O2/c11-7-1-2-8(12)9(3-7)14-5-6(4-13-14)10(15)16/h1-5,15-16H. The van der Waals surface area contributed by atoms with Gasteiger partial charge in [0, 0.05) is 22.9 Å². The smallest absolute Gasteiger partial charge is 0.423 e. The molecule has 0 amide bonds. The van der Waals surface area contributed by atoms with Crippen LogP contribution in [0.4, 0.5) is 4.39 Å². The molecule has 2 rings (SSSR count). The second kappa shape index (κ2) is 4.25. The van der Waals surface area contributed by atoms with E-state index >= 15 is 0 Å². The highest BCUT2D eigenvalue weighted by Crippen LogP contribution is 2.17. The summed E-state index contributed by atoms with van der Waals surface area (Å²) in [6, 6.07) is 4.04. The summed E-state index contributed by atoms with van der Waals surface area (Å²) in [6.45, 7) is 0. The van der Waals surface area contributed by atoms with Crippen molar-refractivity contribution >= 4 is 24.2 Å².